The first-order chi connectivity index (χ1) is 17.3. The van der Waals surface area contributed by atoms with Crippen LogP contribution in [0.15, 0.2) is 73.3 Å². The molecule has 2 aromatic carbocycles. The van der Waals surface area contributed by atoms with Crippen molar-refractivity contribution in [1.29, 1.82) is 0 Å². The maximum absolute atomic E-state index is 6.11. The first kappa shape index (κ1) is 22.3. The largest absolute Gasteiger partial charge is 0.489 e. The maximum Gasteiger partial charge on any atom is 0.144 e. The summed E-state index contributed by atoms with van der Waals surface area (Å²) in [4.78, 5) is 11.7. The molecule has 0 unspecified atom stereocenters. The Balaban J connectivity index is 1.23. The van der Waals surface area contributed by atoms with E-state index >= 15 is 0 Å². The minimum Gasteiger partial charge on any atom is -0.489 e. The van der Waals surface area contributed by atoms with Crippen molar-refractivity contribution < 1.29 is 9.47 Å². The molecule has 180 valence electrons. The molecule has 3 heterocycles. The van der Waals surface area contributed by atoms with Crippen molar-refractivity contribution in [2.45, 2.75) is 44.4 Å². The minimum atomic E-state index is 0.468. The van der Waals surface area contributed by atoms with Gasteiger partial charge in [0.05, 0.1) is 13.2 Å². The number of morpholine rings is 1. The van der Waals surface area contributed by atoms with Crippen LogP contribution in [0.4, 0.5) is 0 Å². The molecule has 0 radical (unpaired) electrons. The Morgan fingerprint density at radius 2 is 1.71 bits per heavy atom. The zero-order valence-corrected chi connectivity index (χ0v) is 20.1. The van der Waals surface area contributed by atoms with Crippen LogP contribution in [0.1, 0.15) is 37.3 Å². The summed E-state index contributed by atoms with van der Waals surface area (Å²) >= 11 is 0. The highest BCUT2D eigenvalue weighted by Gasteiger charge is 2.29. The summed E-state index contributed by atoms with van der Waals surface area (Å²) in [5, 5.41) is 1.10. The van der Waals surface area contributed by atoms with Gasteiger partial charge in [0.25, 0.3) is 0 Å². The van der Waals surface area contributed by atoms with Gasteiger partial charge in [-0.2, -0.15) is 0 Å². The minimum absolute atomic E-state index is 0.468. The number of fused-ring (bicyclic) bond motifs is 1. The predicted molar refractivity (Wildman–Crippen MR) is 137 cm³/mol. The van der Waals surface area contributed by atoms with Crippen LogP contribution in [0.25, 0.3) is 22.2 Å². The SMILES string of the molecule is c1ccc(COc2cccc(-c3cn(C4CCC(N5CCOCC5)CC4)c4ncncc34)c2)cc1. The molecule has 1 aliphatic carbocycles. The molecule has 1 saturated heterocycles. The summed E-state index contributed by atoms with van der Waals surface area (Å²) in [7, 11) is 0. The average Bonchev–Trinajstić information content (AvgIpc) is 3.33. The van der Waals surface area contributed by atoms with E-state index in [0.717, 1.165) is 54.2 Å². The topological polar surface area (TPSA) is 52.4 Å². The van der Waals surface area contributed by atoms with Gasteiger partial charge in [0.15, 0.2) is 0 Å². The molecule has 6 nitrogen and oxygen atoms in total. The molecule has 2 fully saturated rings. The van der Waals surface area contributed by atoms with E-state index in [2.05, 4.69) is 51.0 Å². The van der Waals surface area contributed by atoms with Crippen molar-refractivity contribution in [3.8, 4) is 16.9 Å². The van der Waals surface area contributed by atoms with Gasteiger partial charge in [0.2, 0.25) is 0 Å². The Kier molecular flexibility index (Phi) is 6.47. The van der Waals surface area contributed by atoms with Gasteiger partial charge in [-0.05, 0) is 48.9 Å². The van der Waals surface area contributed by atoms with Crippen LogP contribution in [0.3, 0.4) is 0 Å². The van der Waals surface area contributed by atoms with E-state index in [1.807, 2.05) is 30.5 Å². The molecule has 1 saturated carbocycles. The second-order valence-electron chi connectivity index (χ2n) is 9.62. The molecule has 2 aliphatic rings. The standard InChI is InChI=1S/C29H32N4O2/c1-2-5-22(6-3-1)20-35-26-8-4-7-23(17-26)28-19-33(29-27(28)18-30-21-31-29)25-11-9-24(10-12-25)32-13-15-34-16-14-32/h1-8,17-19,21,24-25H,9-16,20H2. The fourth-order valence-electron chi connectivity index (χ4n) is 5.64. The average molecular weight is 469 g/mol. The molecule has 0 bridgehead atoms. The first-order valence-corrected chi connectivity index (χ1v) is 12.7. The number of benzene rings is 2. The highest BCUT2D eigenvalue weighted by Crippen LogP contribution is 2.38. The quantitative estimate of drug-likeness (QED) is 0.374. The lowest BCUT2D eigenvalue weighted by atomic mass is 9.90. The summed E-state index contributed by atoms with van der Waals surface area (Å²) in [5.74, 6) is 0.870. The second kappa shape index (κ2) is 10.2. The molecule has 0 atom stereocenters. The van der Waals surface area contributed by atoms with E-state index in [4.69, 9.17) is 14.5 Å². The molecule has 6 rings (SSSR count). The van der Waals surface area contributed by atoms with Crippen molar-refractivity contribution in [1.82, 2.24) is 19.4 Å². The molecular weight excluding hydrogens is 436 g/mol. The molecule has 4 aromatic rings. The first-order valence-electron chi connectivity index (χ1n) is 12.7. The Morgan fingerprint density at radius 3 is 2.54 bits per heavy atom. The zero-order valence-electron chi connectivity index (χ0n) is 20.1. The van der Waals surface area contributed by atoms with E-state index in [0.29, 0.717) is 18.7 Å². The smallest absolute Gasteiger partial charge is 0.144 e. The van der Waals surface area contributed by atoms with Gasteiger partial charge in [-0.15, -0.1) is 0 Å². The molecular formula is C29H32N4O2. The Bertz CT molecular complexity index is 1260. The van der Waals surface area contributed by atoms with Crippen molar-refractivity contribution >= 4 is 11.0 Å². The Morgan fingerprint density at radius 1 is 0.914 bits per heavy atom. The van der Waals surface area contributed by atoms with Crippen molar-refractivity contribution in [2.75, 3.05) is 26.3 Å². The van der Waals surface area contributed by atoms with Gasteiger partial charge in [0.1, 0.15) is 24.3 Å². The molecule has 0 amide bonds. The molecule has 6 heteroatoms. The summed E-state index contributed by atoms with van der Waals surface area (Å²) in [5.41, 5.74) is 4.49. The van der Waals surface area contributed by atoms with Crippen molar-refractivity contribution in [3.63, 3.8) is 0 Å². The summed E-state index contributed by atoms with van der Waals surface area (Å²) in [6.07, 6.45) is 10.7. The summed E-state index contributed by atoms with van der Waals surface area (Å²) in [6, 6.07) is 19.8. The van der Waals surface area contributed by atoms with Crippen molar-refractivity contribution in [3.05, 3.63) is 78.9 Å². The van der Waals surface area contributed by atoms with Gasteiger partial charge < -0.3 is 14.0 Å². The number of aromatic nitrogens is 3. The highest BCUT2D eigenvalue weighted by molar-refractivity contribution is 5.93. The lowest BCUT2D eigenvalue weighted by Gasteiger charge is -2.39. The molecule has 1 aliphatic heterocycles. The fourth-order valence-corrected chi connectivity index (χ4v) is 5.64. The number of hydrogen-bond acceptors (Lipinski definition) is 5. The molecule has 35 heavy (non-hydrogen) atoms. The van der Waals surface area contributed by atoms with Crippen LogP contribution in [0.5, 0.6) is 5.75 Å². The third kappa shape index (κ3) is 4.81. The highest BCUT2D eigenvalue weighted by atomic mass is 16.5. The van der Waals surface area contributed by atoms with E-state index in [-0.39, 0.29) is 0 Å². The van der Waals surface area contributed by atoms with Crippen LogP contribution in [0, 0.1) is 0 Å². The third-order valence-corrected chi connectivity index (χ3v) is 7.51. The number of hydrogen-bond donors (Lipinski definition) is 0. The number of rotatable bonds is 6. The van der Waals surface area contributed by atoms with E-state index in [1.54, 1.807) is 6.33 Å². The summed E-state index contributed by atoms with van der Waals surface area (Å²) < 4.78 is 14.1. The third-order valence-electron chi connectivity index (χ3n) is 7.51. The van der Waals surface area contributed by atoms with Crippen LogP contribution in [-0.4, -0.2) is 51.8 Å². The number of nitrogens with zero attached hydrogens (tertiary/aromatic N) is 4. The summed E-state index contributed by atoms with van der Waals surface area (Å²) in [6.45, 7) is 4.44. The maximum atomic E-state index is 6.11. The van der Waals surface area contributed by atoms with Crippen LogP contribution < -0.4 is 4.74 Å². The van der Waals surface area contributed by atoms with Crippen molar-refractivity contribution in [2.24, 2.45) is 0 Å². The van der Waals surface area contributed by atoms with Gasteiger partial charge in [-0.1, -0.05) is 42.5 Å². The van der Waals surface area contributed by atoms with E-state index < -0.39 is 0 Å². The normalized spacial score (nSPS) is 21.3. The van der Waals surface area contributed by atoms with Gasteiger partial charge in [-0.3, -0.25) is 4.90 Å². The van der Waals surface area contributed by atoms with Gasteiger partial charge >= 0.3 is 0 Å². The molecule has 0 N–H and O–H groups in total. The van der Waals surface area contributed by atoms with Crippen LogP contribution in [-0.2, 0) is 11.3 Å². The zero-order chi connectivity index (χ0) is 23.5. The van der Waals surface area contributed by atoms with E-state index in [1.165, 1.54) is 31.2 Å². The lowest BCUT2D eigenvalue weighted by Crippen LogP contribution is -2.45. The number of ether oxygens (including phenoxy) is 2. The van der Waals surface area contributed by atoms with Gasteiger partial charge in [0, 0.05) is 48.5 Å². The molecule has 0 spiro atoms. The Hall–Kier alpha value is -3.22. The predicted octanol–water partition coefficient (Wildman–Crippen LogP) is 5.49. The second-order valence-corrected chi connectivity index (χ2v) is 9.62. The molecule has 2 aromatic heterocycles. The fraction of sp³-hybridized carbons (Fsp3) is 0.379. The van der Waals surface area contributed by atoms with Crippen LogP contribution in [0.2, 0.25) is 0 Å². The van der Waals surface area contributed by atoms with Gasteiger partial charge in [-0.25, -0.2) is 9.97 Å². The Labute approximate surface area is 206 Å². The van der Waals surface area contributed by atoms with Crippen LogP contribution >= 0.6 is 0 Å². The van der Waals surface area contributed by atoms with E-state index in [9.17, 15) is 0 Å². The lowest BCUT2D eigenvalue weighted by molar-refractivity contribution is 0.00558. The monoisotopic (exact) mass is 468 g/mol.